The molecule has 0 atom stereocenters. The van der Waals surface area contributed by atoms with Crippen LogP contribution in [0, 0.1) is 0 Å². The lowest BCUT2D eigenvalue weighted by Crippen LogP contribution is -2.38. The van der Waals surface area contributed by atoms with E-state index in [-0.39, 0.29) is 29.4 Å². The van der Waals surface area contributed by atoms with E-state index in [0.29, 0.717) is 43.4 Å². The summed E-state index contributed by atoms with van der Waals surface area (Å²) in [5.41, 5.74) is 3.01. The molecule has 34 heavy (non-hydrogen) atoms. The fourth-order valence-electron chi connectivity index (χ4n) is 4.20. The summed E-state index contributed by atoms with van der Waals surface area (Å²) in [7, 11) is 0. The van der Waals surface area contributed by atoms with Gasteiger partial charge in [0, 0.05) is 24.2 Å². The second-order valence-electron chi connectivity index (χ2n) is 8.14. The van der Waals surface area contributed by atoms with Gasteiger partial charge in [-0.3, -0.25) is 9.59 Å². The predicted molar refractivity (Wildman–Crippen MR) is 123 cm³/mol. The van der Waals surface area contributed by atoms with E-state index in [1.165, 1.54) is 11.6 Å². The summed E-state index contributed by atoms with van der Waals surface area (Å²) in [5, 5.41) is 0. The Hall–Kier alpha value is -4.13. The number of amides is 1. The van der Waals surface area contributed by atoms with Crippen molar-refractivity contribution in [3.05, 3.63) is 94.5 Å². The molecule has 0 aromatic heterocycles. The SMILES string of the molecule is O=C(OCC(=O)N1CCc2ccccc2C1)c1ccccc1C(=O)c1ccc2c(c1)OCCO2. The van der Waals surface area contributed by atoms with Gasteiger partial charge >= 0.3 is 5.97 Å². The van der Waals surface area contributed by atoms with Crippen LogP contribution >= 0.6 is 0 Å². The molecular weight excluding hydrogens is 434 g/mol. The Morgan fingerprint density at radius 2 is 1.53 bits per heavy atom. The van der Waals surface area contributed by atoms with Crippen LogP contribution in [-0.4, -0.2) is 48.9 Å². The van der Waals surface area contributed by atoms with Gasteiger partial charge in [0.1, 0.15) is 13.2 Å². The molecule has 0 bridgehead atoms. The van der Waals surface area contributed by atoms with Crippen molar-refractivity contribution in [2.24, 2.45) is 0 Å². The third-order valence-corrected chi connectivity index (χ3v) is 6.01. The average Bonchev–Trinajstić information content (AvgIpc) is 2.90. The topological polar surface area (TPSA) is 82.1 Å². The highest BCUT2D eigenvalue weighted by Crippen LogP contribution is 2.31. The van der Waals surface area contributed by atoms with Gasteiger partial charge in [-0.15, -0.1) is 0 Å². The van der Waals surface area contributed by atoms with Gasteiger partial charge in [-0.1, -0.05) is 42.5 Å². The maximum Gasteiger partial charge on any atom is 0.339 e. The van der Waals surface area contributed by atoms with Crippen LogP contribution in [0.5, 0.6) is 11.5 Å². The van der Waals surface area contributed by atoms with Crippen molar-refractivity contribution in [2.45, 2.75) is 13.0 Å². The second kappa shape index (κ2) is 9.39. The molecule has 1 amide bonds. The van der Waals surface area contributed by atoms with Crippen molar-refractivity contribution in [3.63, 3.8) is 0 Å². The molecule has 0 fully saturated rings. The Bertz CT molecular complexity index is 1270. The summed E-state index contributed by atoms with van der Waals surface area (Å²) >= 11 is 0. The minimum atomic E-state index is -0.716. The number of carbonyl (C=O) groups is 3. The zero-order valence-corrected chi connectivity index (χ0v) is 18.5. The van der Waals surface area contributed by atoms with E-state index < -0.39 is 5.97 Å². The molecule has 2 heterocycles. The van der Waals surface area contributed by atoms with Gasteiger partial charge in [-0.05, 0) is 41.8 Å². The van der Waals surface area contributed by atoms with Crippen LogP contribution in [0.25, 0.3) is 0 Å². The second-order valence-corrected chi connectivity index (χ2v) is 8.14. The van der Waals surface area contributed by atoms with Crippen molar-refractivity contribution in [1.82, 2.24) is 4.90 Å². The molecule has 0 radical (unpaired) electrons. The van der Waals surface area contributed by atoms with Crippen LogP contribution in [0.3, 0.4) is 0 Å². The third-order valence-electron chi connectivity index (χ3n) is 6.01. The van der Waals surface area contributed by atoms with Crippen molar-refractivity contribution in [1.29, 1.82) is 0 Å². The first-order chi connectivity index (χ1) is 16.6. The highest BCUT2D eigenvalue weighted by atomic mass is 16.6. The van der Waals surface area contributed by atoms with Gasteiger partial charge in [0.2, 0.25) is 0 Å². The number of ketones is 1. The number of rotatable bonds is 5. The van der Waals surface area contributed by atoms with E-state index >= 15 is 0 Å². The molecule has 172 valence electrons. The summed E-state index contributed by atoms with van der Waals surface area (Å²) in [6, 6.07) is 19.3. The van der Waals surface area contributed by atoms with Crippen molar-refractivity contribution in [3.8, 4) is 11.5 Å². The first-order valence-corrected chi connectivity index (χ1v) is 11.2. The Labute approximate surface area is 196 Å². The molecule has 2 aliphatic rings. The van der Waals surface area contributed by atoms with Crippen molar-refractivity contribution >= 4 is 17.7 Å². The van der Waals surface area contributed by atoms with Crippen LogP contribution in [0.1, 0.15) is 37.4 Å². The van der Waals surface area contributed by atoms with Crippen LogP contribution in [0.4, 0.5) is 0 Å². The lowest BCUT2D eigenvalue weighted by molar-refractivity contribution is -0.135. The zero-order valence-electron chi connectivity index (χ0n) is 18.5. The van der Waals surface area contributed by atoms with Crippen LogP contribution in [-0.2, 0) is 22.5 Å². The van der Waals surface area contributed by atoms with Gasteiger partial charge in [-0.2, -0.15) is 0 Å². The number of hydrogen-bond acceptors (Lipinski definition) is 6. The molecule has 0 saturated carbocycles. The number of carbonyl (C=O) groups excluding carboxylic acids is 3. The van der Waals surface area contributed by atoms with E-state index in [4.69, 9.17) is 14.2 Å². The Balaban J connectivity index is 1.27. The van der Waals surface area contributed by atoms with Crippen LogP contribution < -0.4 is 9.47 Å². The Morgan fingerprint density at radius 1 is 0.824 bits per heavy atom. The molecular formula is C27H23NO6. The van der Waals surface area contributed by atoms with Gasteiger partial charge < -0.3 is 19.1 Å². The minimum absolute atomic E-state index is 0.110. The van der Waals surface area contributed by atoms with Gasteiger partial charge in [0.05, 0.1) is 5.56 Å². The average molecular weight is 457 g/mol. The summed E-state index contributed by atoms with van der Waals surface area (Å²) in [6.45, 7) is 1.55. The highest BCUT2D eigenvalue weighted by Gasteiger charge is 2.24. The fourth-order valence-corrected chi connectivity index (χ4v) is 4.20. The van der Waals surface area contributed by atoms with Gasteiger partial charge in [0.15, 0.2) is 23.9 Å². The quantitative estimate of drug-likeness (QED) is 0.431. The summed E-state index contributed by atoms with van der Waals surface area (Å²) in [5.74, 6) is -0.255. The Kier molecular flexibility index (Phi) is 5.99. The Morgan fingerprint density at radius 3 is 2.35 bits per heavy atom. The first kappa shape index (κ1) is 21.7. The molecule has 0 aliphatic carbocycles. The molecule has 0 N–H and O–H groups in total. The van der Waals surface area contributed by atoms with E-state index in [2.05, 4.69) is 6.07 Å². The molecule has 2 aliphatic heterocycles. The lowest BCUT2D eigenvalue weighted by Gasteiger charge is -2.28. The monoisotopic (exact) mass is 457 g/mol. The molecule has 3 aromatic rings. The lowest BCUT2D eigenvalue weighted by atomic mass is 9.98. The normalized spacial score (nSPS) is 14.2. The smallest absolute Gasteiger partial charge is 0.339 e. The number of benzene rings is 3. The third kappa shape index (κ3) is 4.37. The number of nitrogens with zero attached hydrogens (tertiary/aromatic N) is 1. The molecule has 0 saturated heterocycles. The van der Waals surface area contributed by atoms with E-state index in [1.807, 2.05) is 18.2 Å². The maximum absolute atomic E-state index is 13.2. The largest absolute Gasteiger partial charge is 0.486 e. The summed E-state index contributed by atoms with van der Waals surface area (Å²) in [4.78, 5) is 40.4. The summed E-state index contributed by atoms with van der Waals surface area (Å²) < 4.78 is 16.4. The van der Waals surface area contributed by atoms with E-state index in [1.54, 1.807) is 41.3 Å². The molecule has 3 aromatic carbocycles. The van der Waals surface area contributed by atoms with Gasteiger partial charge in [-0.25, -0.2) is 4.79 Å². The molecule has 7 nitrogen and oxygen atoms in total. The van der Waals surface area contributed by atoms with Crippen molar-refractivity contribution < 1.29 is 28.6 Å². The summed E-state index contributed by atoms with van der Waals surface area (Å²) in [6.07, 6.45) is 0.767. The predicted octanol–water partition coefficient (Wildman–Crippen LogP) is 3.43. The van der Waals surface area contributed by atoms with E-state index in [9.17, 15) is 14.4 Å². The van der Waals surface area contributed by atoms with Crippen LogP contribution in [0.15, 0.2) is 66.7 Å². The number of hydrogen-bond donors (Lipinski definition) is 0. The minimum Gasteiger partial charge on any atom is -0.486 e. The molecule has 0 spiro atoms. The maximum atomic E-state index is 13.2. The molecule has 7 heteroatoms. The number of esters is 1. The van der Waals surface area contributed by atoms with Crippen LogP contribution in [0.2, 0.25) is 0 Å². The van der Waals surface area contributed by atoms with Crippen molar-refractivity contribution in [2.75, 3.05) is 26.4 Å². The first-order valence-electron chi connectivity index (χ1n) is 11.2. The standard InChI is InChI=1S/C27H23NO6/c29-25(28-12-11-18-5-1-2-6-20(18)16-28)17-34-27(31)22-8-4-3-7-21(22)26(30)19-9-10-23-24(15-19)33-14-13-32-23/h1-10,15H,11-14,16-17H2. The highest BCUT2D eigenvalue weighted by molar-refractivity contribution is 6.14. The molecule has 0 unspecified atom stereocenters. The molecule has 5 rings (SSSR count). The number of ether oxygens (including phenoxy) is 3. The van der Waals surface area contributed by atoms with Gasteiger partial charge in [0.25, 0.3) is 5.91 Å². The zero-order chi connectivity index (χ0) is 23.5. The fraction of sp³-hybridized carbons (Fsp3) is 0.222. The van der Waals surface area contributed by atoms with E-state index in [0.717, 1.165) is 12.0 Å². The number of fused-ring (bicyclic) bond motifs is 2.